The molecular formula is C17H18N2O4S. The van der Waals surface area contributed by atoms with Crippen LogP contribution in [0.1, 0.15) is 22.8 Å². The molecule has 0 heterocycles. The van der Waals surface area contributed by atoms with Crippen LogP contribution in [0.4, 0.5) is 11.4 Å². The fraction of sp³-hybridized carbons (Fsp3) is 0.176. The molecule has 126 valence electrons. The summed E-state index contributed by atoms with van der Waals surface area (Å²) in [5.41, 5.74) is 2.00. The van der Waals surface area contributed by atoms with E-state index in [2.05, 4.69) is 10.6 Å². The van der Waals surface area contributed by atoms with Crippen molar-refractivity contribution in [3.8, 4) is 0 Å². The van der Waals surface area contributed by atoms with Crippen LogP contribution in [0.15, 0.2) is 47.4 Å². The molecule has 7 heteroatoms. The lowest BCUT2D eigenvalue weighted by molar-refractivity contribution is -0.114. The highest BCUT2D eigenvalue weighted by Crippen LogP contribution is 2.19. The van der Waals surface area contributed by atoms with Crippen molar-refractivity contribution in [3.05, 3.63) is 53.6 Å². The number of carbonyl (C=O) groups excluding carboxylic acids is 2. The van der Waals surface area contributed by atoms with Gasteiger partial charge in [-0.2, -0.15) is 0 Å². The maximum atomic E-state index is 12.5. The summed E-state index contributed by atoms with van der Waals surface area (Å²) in [6.45, 7) is 3.12. The minimum atomic E-state index is -3.40. The van der Waals surface area contributed by atoms with Gasteiger partial charge >= 0.3 is 0 Å². The average Bonchev–Trinajstić information content (AvgIpc) is 2.46. The number of hydrogen-bond acceptors (Lipinski definition) is 4. The Morgan fingerprint density at radius 2 is 1.58 bits per heavy atom. The van der Waals surface area contributed by atoms with E-state index in [0.717, 1.165) is 6.26 Å². The summed E-state index contributed by atoms with van der Waals surface area (Å²) in [6.07, 6.45) is 1.09. The van der Waals surface area contributed by atoms with Gasteiger partial charge in [-0.1, -0.05) is 12.1 Å². The molecule has 0 saturated carbocycles. The third-order valence-electron chi connectivity index (χ3n) is 3.32. The van der Waals surface area contributed by atoms with Crippen molar-refractivity contribution in [1.29, 1.82) is 0 Å². The Bertz CT molecular complexity index is 905. The van der Waals surface area contributed by atoms with Crippen molar-refractivity contribution in [2.45, 2.75) is 18.7 Å². The SMILES string of the molecule is CC(=O)Nc1cccc(NC(=O)c2cc(S(C)(=O)=O)ccc2C)c1. The van der Waals surface area contributed by atoms with Crippen LogP contribution >= 0.6 is 0 Å². The number of aryl methyl sites for hydroxylation is 1. The highest BCUT2D eigenvalue weighted by Gasteiger charge is 2.14. The summed E-state index contributed by atoms with van der Waals surface area (Å²) in [5.74, 6) is -0.631. The summed E-state index contributed by atoms with van der Waals surface area (Å²) in [5, 5.41) is 5.34. The molecule has 0 radical (unpaired) electrons. The first-order valence-electron chi connectivity index (χ1n) is 7.16. The van der Waals surface area contributed by atoms with E-state index in [1.165, 1.54) is 19.1 Å². The van der Waals surface area contributed by atoms with Crippen LogP contribution in [0.3, 0.4) is 0 Å². The Morgan fingerprint density at radius 1 is 0.958 bits per heavy atom. The number of benzene rings is 2. The Hall–Kier alpha value is -2.67. The molecule has 0 spiro atoms. The van der Waals surface area contributed by atoms with Gasteiger partial charge in [0.05, 0.1) is 4.90 Å². The van der Waals surface area contributed by atoms with Gasteiger partial charge in [-0.05, 0) is 42.8 Å². The topological polar surface area (TPSA) is 92.3 Å². The summed E-state index contributed by atoms with van der Waals surface area (Å²) in [7, 11) is -3.40. The van der Waals surface area contributed by atoms with Gasteiger partial charge in [0.25, 0.3) is 5.91 Å². The molecule has 2 amide bonds. The van der Waals surface area contributed by atoms with E-state index in [9.17, 15) is 18.0 Å². The second-order valence-corrected chi connectivity index (χ2v) is 7.48. The molecule has 0 saturated heterocycles. The van der Waals surface area contributed by atoms with Crippen LogP contribution in [-0.2, 0) is 14.6 Å². The maximum Gasteiger partial charge on any atom is 0.255 e. The van der Waals surface area contributed by atoms with Crippen molar-refractivity contribution in [1.82, 2.24) is 0 Å². The molecule has 2 aromatic carbocycles. The summed E-state index contributed by atoms with van der Waals surface area (Å²) < 4.78 is 23.3. The lowest BCUT2D eigenvalue weighted by Crippen LogP contribution is -2.15. The fourth-order valence-corrected chi connectivity index (χ4v) is 2.80. The first kappa shape index (κ1) is 17.7. The van der Waals surface area contributed by atoms with Gasteiger partial charge in [0.2, 0.25) is 5.91 Å². The van der Waals surface area contributed by atoms with Gasteiger partial charge in [-0.25, -0.2) is 8.42 Å². The van der Waals surface area contributed by atoms with Gasteiger partial charge in [-0.15, -0.1) is 0 Å². The molecule has 0 atom stereocenters. The largest absolute Gasteiger partial charge is 0.326 e. The van der Waals surface area contributed by atoms with Gasteiger partial charge < -0.3 is 10.6 Å². The Morgan fingerprint density at radius 3 is 2.17 bits per heavy atom. The predicted octanol–water partition coefficient (Wildman–Crippen LogP) is 2.61. The van der Waals surface area contributed by atoms with Gasteiger partial charge in [0, 0.05) is 30.1 Å². The quantitative estimate of drug-likeness (QED) is 0.890. The summed E-state index contributed by atoms with van der Waals surface area (Å²) in [6, 6.07) is 11.1. The molecule has 0 aliphatic heterocycles. The number of carbonyl (C=O) groups is 2. The van der Waals surface area contributed by atoms with E-state index in [0.29, 0.717) is 16.9 Å². The second kappa shape index (κ2) is 6.84. The predicted molar refractivity (Wildman–Crippen MR) is 93.0 cm³/mol. The molecular weight excluding hydrogens is 328 g/mol. The lowest BCUT2D eigenvalue weighted by atomic mass is 10.1. The standard InChI is InChI=1S/C17H18N2O4S/c1-11-7-8-15(24(3,22)23)10-16(11)17(21)19-14-6-4-5-13(9-14)18-12(2)20/h4-10H,1-3H3,(H,18,20)(H,19,21). The van der Waals surface area contributed by atoms with Crippen LogP contribution in [0, 0.1) is 6.92 Å². The van der Waals surface area contributed by atoms with Gasteiger partial charge in [0.15, 0.2) is 9.84 Å². The van der Waals surface area contributed by atoms with Gasteiger partial charge in [0.1, 0.15) is 0 Å². The summed E-state index contributed by atoms with van der Waals surface area (Å²) >= 11 is 0. The van der Waals surface area contributed by atoms with Crippen LogP contribution < -0.4 is 10.6 Å². The van der Waals surface area contributed by atoms with E-state index in [-0.39, 0.29) is 16.4 Å². The molecule has 0 aliphatic carbocycles. The third kappa shape index (κ3) is 4.42. The van der Waals surface area contributed by atoms with E-state index >= 15 is 0 Å². The smallest absolute Gasteiger partial charge is 0.255 e. The Labute approximate surface area is 140 Å². The van der Waals surface area contributed by atoms with Crippen LogP contribution in [0.25, 0.3) is 0 Å². The minimum absolute atomic E-state index is 0.0882. The summed E-state index contributed by atoms with van der Waals surface area (Å²) in [4.78, 5) is 23.6. The monoisotopic (exact) mass is 346 g/mol. The average molecular weight is 346 g/mol. The van der Waals surface area contributed by atoms with Crippen molar-refractivity contribution in [3.63, 3.8) is 0 Å². The number of anilines is 2. The normalized spacial score (nSPS) is 11.0. The number of rotatable bonds is 4. The first-order chi connectivity index (χ1) is 11.2. The zero-order valence-electron chi connectivity index (χ0n) is 13.6. The van der Waals surface area contributed by atoms with Crippen molar-refractivity contribution >= 4 is 33.0 Å². The fourth-order valence-electron chi connectivity index (χ4n) is 2.15. The molecule has 2 N–H and O–H groups in total. The zero-order valence-corrected chi connectivity index (χ0v) is 14.4. The van der Waals surface area contributed by atoms with Crippen LogP contribution in [0.2, 0.25) is 0 Å². The number of sulfone groups is 1. The van der Waals surface area contributed by atoms with Crippen molar-refractivity contribution in [2.24, 2.45) is 0 Å². The Balaban J connectivity index is 2.29. The number of nitrogens with one attached hydrogen (secondary N) is 2. The molecule has 0 unspecified atom stereocenters. The molecule has 6 nitrogen and oxygen atoms in total. The third-order valence-corrected chi connectivity index (χ3v) is 4.43. The van der Waals surface area contributed by atoms with Crippen LogP contribution in [0.5, 0.6) is 0 Å². The molecule has 24 heavy (non-hydrogen) atoms. The van der Waals surface area contributed by atoms with E-state index < -0.39 is 15.7 Å². The van der Waals surface area contributed by atoms with E-state index in [4.69, 9.17) is 0 Å². The van der Waals surface area contributed by atoms with Crippen LogP contribution in [-0.4, -0.2) is 26.5 Å². The molecule has 0 fully saturated rings. The second-order valence-electron chi connectivity index (χ2n) is 5.47. The lowest BCUT2D eigenvalue weighted by Gasteiger charge is -2.10. The Kier molecular flexibility index (Phi) is 5.04. The number of amides is 2. The minimum Gasteiger partial charge on any atom is -0.326 e. The highest BCUT2D eigenvalue weighted by atomic mass is 32.2. The maximum absolute atomic E-state index is 12.5. The van der Waals surface area contributed by atoms with E-state index in [1.54, 1.807) is 37.3 Å². The van der Waals surface area contributed by atoms with Gasteiger partial charge in [-0.3, -0.25) is 9.59 Å². The molecule has 0 aliphatic rings. The molecule has 2 rings (SSSR count). The molecule has 0 bridgehead atoms. The van der Waals surface area contributed by atoms with Crippen molar-refractivity contribution < 1.29 is 18.0 Å². The number of hydrogen-bond donors (Lipinski definition) is 2. The highest BCUT2D eigenvalue weighted by molar-refractivity contribution is 7.90. The molecule has 2 aromatic rings. The van der Waals surface area contributed by atoms with E-state index in [1.807, 2.05) is 0 Å². The zero-order chi connectivity index (χ0) is 17.9. The first-order valence-corrected chi connectivity index (χ1v) is 9.05. The molecule has 0 aromatic heterocycles. The van der Waals surface area contributed by atoms with Crippen molar-refractivity contribution in [2.75, 3.05) is 16.9 Å².